The molecule has 0 radical (unpaired) electrons. The van der Waals surface area contributed by atoms with Crippen LogP contribution in [0, 0.1) is 5.82 Å². The van der Waals surface area contributed by atoms with Crippen molar-refractivity contribution < 1.29 is 19.0 Å². The van der Waals surface area contributed by atoms with Crippen LogP contribution in [0.15, 0.2) is 12.3 Å². The van der Waals surface area contributed by atoms with Crippen molar-refractivity contribution in [3.63, 3.8) is 0 Å². The molecular weight excluding hydrogens is 213 g/mol. The summed E-state index contributed by atoms with van der Waals surface area (Å²) in [4.78, 5) is 3.78. The first kappa shape index (κ1) is 11.3. The molecule has 0 aliphatic carbocycles. The van der Waals surface area contributed by atoms with Crippen molar-refractivity contribution >= 4 is 0 Å². The lowest BCUT2D eigenvalue weighted by Gasteiger charge is -2.11. The molecule has 0 aromatic carbocycles. The van der Waals surface area contributed by atoms with Crippen molar-refractivity contribution in [2.45, 2.75) is 25.6 Å². The van der Waals surface area contributed by atoms with Crippen LogP contribution >= 0.6 is 0 Å². The first-order valence-electron chi connectivity index (χ1n) is 5.30. The number of hydrogen-bond acceptors (Lipinski definition) is 4. The molecule has 2 heterocycles. The van der Waals surface area contributed by atoms with Crippen LogP contribution < -0.4 is 4.74 Å². The minimum absolute atomic E-state index is 0.0268. The Bertz CT molecular complexity index is 353. The third-order valence-corrected chi connectivity index (χ3v) is 2.54. The van der Waals surface area contributed by atoms with Crippen molar-refractivity contribution in [3.05, 3.63) is 23.6 Å². The van der Waals surface area contributed by atoms with Crippen molar-refractivity contribution in [1.29, 1.82) is 0 Å². The van der Waals surface area contributed by atoms with Crippen LogP contribution in [0.2, 0.25) is 0 Å². The predicted molar refractivity (Wildman–Crippen MR) is 54.6 cm³/mol. The van der Waals surface area contributed by atoms with Gasteiger partial charge in [-0.3, -0.25) is 0 Å². The molecule has 1 saturated heterocycles. The summed E-state index contributed by atoms with van der Waals surface area (Å²) in [5, 5.41) is 8.87. The van der Waals surface area contributed by atoms with Gasteiger partial charge in [0.25, 0.3) is 5.88 Å². The number of rotatable bonds is 4. The molecule has 0 saturated carbocycles. The molecule has 2 rings (SSSR count). The second-order valence-corrected chi connectivity index (χ2v) is 3.69. The molecule has 1 aromatic heterocycles. The molecule has 1 atom stereocenters. The van der Waals surface area contributed by atoms with Gasteiger partial charge in [0.05, 0.1) is 12.7 Å². The fourth-order valence-corrected chi connectivity index (χ4v) is 1.63. The van der Waals surface area contributed by atoms with Crippen molar-refractivity contribution in [3.8, 4) is 5.88 Å². The summed E-state index contributed by atoms with van der Waals surface area (Å²) in [7, 11) is 0. The van der Waals surface area contributed by atoms with E-state index in [9.17, 15) is 4.39 Å². The van der Waals surface area contributed by atoms with E-state index in [0.717, 1.165) is 19.4 Å². The Morgan fingerprint density at radius 3 is 3.19 bits per heavy atom. The quantitative estimate of drug-likeness (QED) is 0.841. The Morgan fingerprint density at radius 1 is 1.62 bits per heavy atom. The fraction of sp³-hybridized carbons (Fsp3) is 0.545. The summed E-state index contributed by atoms with van der Waals surface area (Å²) in [5.74, 6) is -0.662. The molecule has 88 valence electrons. The summed E-state index contributed by atoms with van der Waals surface area (Å²) in [5.41, 5.74) is 0.192. The molecule has 1 aliphatic heterocycles. The lowest BCUT2D eigenvalue weighted by atomic mass is 10.2. The minimum atomic E-state index is -0.594. The molecule has 0 amide bonds. The zero-order valence-corrected chi connectivity index (χ0v) is 8.86. The number of pyridine rings is 1. The summed E-state index contributed by atoms with van der Waals surface area (Å²) in [6, 6.07) is 1.42. The highest BCUT2D eigenvalue weighted by atomic mass is 19.1. The van der Waals surface area contributed by atoms with Gasteiger partial charge in [-0.25, -0.2) is 9.37 Å². The molecule has 16 heavy (non-hydrogen) atoms. The number of ether oxygens (including phenoxy) is 2. The molecule has 1 fully saturated rings. The number of hydrogen-bond donors (Lipinski definition) is 1. The smallest absolute Gasteiger partial charge is 0.250 e. The van der Waals surface area contributed by atoms with Gasteiger partial charge in [0.15, 0.2) is 5.82 Å². The van der Waals surface area contributed by atoms with E-state index >= 15 is 0 Å². The minimum Gasteiger partial charge on any atom is -0.473 e. The van der Waals surface area contributed by atoms with E-state index in [4.69, 9.17) is 14.6 Å². The SMILES string of the molecule is OCc1ccnc(OCC2CCCO2)c1F. The second kappa shape index (κ2) is 5.23. The number of halogens is 1. The molecule has 0 spiro atoms. The molecule has 1 aromatic rings. The Labute approximate surface area is 93.0 Å². The largest absolute Gasteiger partial charge is 0.473 e. The van der Waals surface area contributed by atoms with E-state index in [-0.39, 0.29) is 24.2 Å². The second-order valence-electron chi connectivity index (χ2n) is 3.69. The Hall–Kier alpha value is -1.20. The average molecular weight is 227 g/mol. The van der Waals surface area contributed by atoms with Crippen LogP contribution in [0.3, 0.4) is 0 Å². The standard InChI is InChI=1S/C11H14FNO3/c12-10-8(6-14)3-4-13-11(10)16-7-9-2-1-5-15-9/h3-4,9,14H,1-2,5-7H2. The third kappa shape index (κ3) is 2.48. The Morgan fingerprint density at radius 2 is 2.50 bits per heavy atom. The maximum absolute atomic E-state index is 13.6. The zero-order chi connectivity index (χ0) is 11.4. The fourth-order valence-electron chi connectivity index (χ4n) is 1.63. The van der Waals surface area contributed by atoms with E-state index in [1.807, 2.05) is 0 Å². The molecule has 1 unspecified atom stereocenters. The highest BCUT2D eigenvalue weighted by molar-refractivity contribution is 5.22. The summed E-state index contributed by atoms with van der Waals surface area (Å²) >= 11 is 0. The average Bonchev–Trinajstić information content (AvgIpc) is 2.81. The highest BCUT2D eigenvalue weighted by Crippen LogP contribution is 2.19. The third-order valence-electron chi connectivity index (χ3n) is 2.54. The molecular formula is C11H14FNO3. The number of nitrogens with zero attached hydrogens (tertiary/aromatic N) is 1. The van der Waals surface area contributed by atoms with Gasteiger partial charge in [-0.2, -0.15) is 0 Å². The van der Waals surface area contributed by atoms with Crippen LogP contribution in [-0.4, -0.2) is 29.4 Å². The van der Waals surface area contributed by atoms with Gasteiger partial charge in [-0.15, -0.1) is 0 Å². The normalized spacial score (nSPS) is 20.0. The van der Waals surface area contributed by atoms with Gasteiger partial charge in [0.2, 0.25) is 0 Å². The number of aliphatic hydroxyl groups is 1. The molecule has 1 N–H and O–H groups in total. The van der Waals surface area contributed by atoms with Gasteiger partial charge in [-0.05, 0) is 18.9 Å². The van der Waals surface area contributed by atoms with Crippen molar-refractivity contribution in [2.24, 2.45) is 0 Å². The van der Waals surface area contributed by atoms with Crippen LogP contribution in [0.4, 0.5) is 4.39 Å². The lowest BCUT2D eigenvalue weighted by Crippen LogP contribution is -2.17. The molecule has 1 aliphatic rings. The Balaban J connectivity index is 1.97. The summed E-state index contributed by atoms with van der Waals surface area (Å²) < 4.78 is 24.1. The molecule has 0 bridgehead atoms. The molecule has 4 nitrogen and oxygen atoms in total. The van der Waals surface area contributed by atoms with Crippen LogP contribution in [0.5, 0.6) is 5.88 Å². The summed E-state index contributed by atoms with van der Waals surface area (Å²) in [6.45, 7) is 0.685. The van der Waals surface area contributed by atoms with Gasteiger partial charge < -0.3 is 14.6 Å². The first-order valence-corrected chi connectivity index (χ1v) is 5.30. The van der Waals surface area contributed by atoms with Crippen molar-refractivity contribution in [2.75, 3.05) is 13.2 Å². The van der Waals surface area contributed by atoms with Crippen LogP contribution in [-0.2, 0) is 11.3 Å². The van der Waals surface area contributed by atoms with Crippen LogP contribution in [0.25, 0.3) is 0 Å². The lowest BCUT2D eigenvalue weighted by molar-refractivity contribution is 0.0646. The van der Waals surface area contributed by atoms with Gasteiger partial charge in [0, 0.05) is 18.4 Å². The highest BCUT2D eigenvalue weighted by Gasteiger charge is 2.18. The van der Waals surface area contributed by atoms with E-state index in [0.29, 0.717) is 6.61 Å². The topological polar surface area (TPSA) is 51.6 Å². The van der Waals surface area contributed by atoms with Gasteiger partial charge in [0.1, 0.15) is 6.61 Å². The maximum atomic E-state index is 13.6. The van der Waals surface area contributed by atoms with E-state index in [1.165, 1.54) is 12.3 Å². The monoisotopic (exact) mass is 227 g/mol. The Kier molecular flexibility index (Phi) is 3.69. The number of aromatic nitrogens is 1. The van der Waals surface area contributed by atoms with Gasteiger partial charge in [-0.1, -0.05) is 0 Å². The van der Waals surface area contributed by atoms with E-state index in [1.54, 1.807) is 0 Å². The first-order chi connectivity index (χ1) is 7.81. The van der Waals surface area contributed by atoms with Gasteiger partial charge >= 0.3 is 0 Å². The van der Waals surface area contributed by atoms with Crippen LogP contribution in [0.1, 0.15) is 18.4 Å². The van der Waals surface area contributed by atoms with E-state index in [2.05, 4.69) is 4.98 Å². The number of aliphatic hydroxyl groups excluding tert-OH is 1. The maximum Gasteiger partial charge on any atom is 0.250 e. The summed E-state index contributed by atoms with van der Waals surface area (Å²) in [6.07, 6.45) is 3.39. The van der Waals surface area contributed by atoms with E-state index < -0.39 is 5.82 Å². The molecule has 5 heteroatoms. The zero-order valence-electron chi connectivity index (χ0n) is 8.86. The predicted octanol–water partition coefficient (Wildman–Crippen LogP) is 1.27. The van der Waals surface area contributed by atoms with Crippen molar-refractivity contribution in [1.82, 2.24) is 4.98 Å².